The quantitative estimate of drug-likeness (QED) is 0.912. The summed E-state index contributed by atoms with van der Waals surface area (Å²) in [6, 6.07) is 10.8. The second kappa shape index (κ2) is 7.21. The fourth-order valence-electron chi connectivity index (χ4n) is 3.25. The molecule has 0 aromatic heterocycles. The Labute approximate surface area is 122 Å². The normalized spacial score (nSPS) is 23.0. The highest BCUT2D eigenvalue weighted by Crippen LogP contribution is 2.20. The van der Waals surface area contributed by atoms with Crippen LogP contribution >= 0.6 is 0 Å². The van der Waals surface area contributed by atoms with Crippen molar-refractivity contribution in [1.82, 2.24) is 10.2 Å². The average molecular weight is 274 g/mol. The van der Waals surface area contributed by atoms with E-state index in [0.717, 1.165) is 19.6 Å². The molecule has 3 nitrogen and oxygen atoms in total. The molecule has 0 atom stereocenters. The van der Waals surface area contributed by atoms with Crippen molar-refractivity contribution in [3.8, 4) is 0 Å². The van der Waals surface area contributed by atoms with Crippen LogP contribution < -0.4 is 5.32 Å². The van der Waals surface area contributed by atoms with Crippen molar-refractivity contribution in [3.63, 3.8) is 0 Å². The number of piperidine rings is 2. The molecule has 110 valence electrons. The minimum absolute atomic E-state index is 0.491. The van der Waals surface area contributed by atoms with Crippen LogP contribution in [0.15, 0.2) is 30.3 Å². The highest BCUT2D eigenvalue weighted by Gasteiger charge is 2.23. The molecule has 1 aromatic carbocycles. The zero-order chi connectivity index (χ0) is 13.6. The van der Waals surface area contributed by atoms with Crippen LogP contribution in [0.3, 0.4) is 0 Å². The summed E-state index contributed by atoms with van der Waals surface area (Å²) in [7, 11) is 0. The van der Waals surface area contributed by atoms with Gasteiger partial charge in [0.1, 0.15) is 0 Å². The lowest BCUT2D eigenvalue weighted by molar-refractivity contribution is -0.0539. The summed E-state index contributed by atoms with van der Waals surface area (Å²) >= 11 is 0. The number of benzene rings is 1. The Hall–Kier alpha value is -0.900. The van der Waals surface area contributed by atoms with Crippen LogP contribution in [0.2, 0.25) is 0 Å². The number of nitrogens with one attached hydrogen (secondary N) is 1. The predicted molar refractivity (Wildman–Crippen MR) is 81.7 cm³/mol. The van der Waals surface area contributed by atoms with E-state index in [1.165, 1.54) is 44.3 Å². The first-order chi connectivity index (χ1) is 9.90. The van der Waals surface area contributed by atoms with Gasteiger partial charge in [0, 0.05) is 19.6 Å². The van der Waals surface area contributed by atoms with Gasteiger partial charge in [-0.15, -0.1) is 0 Å². The van der Waals surface area contributed by atoms with E-state index in [0.29, 0.717) is 12.2 Å². The van der Waals surface area contributed by atoms with E-state index in [2.05, 4.69) is 40.5 Å². The van der Waals surface area contributed by atoms with Crippen LogP contribution in [-0.4, -0.2) is 43.3 Å². The molecular formula is C17H26N2O. The van der Waals surface area contributed by atoms with Gasteiger partial charge in [0.15, 0.2) is 0 Å². The molecule has 2 saturated heterocycles. The molecule has 2 aliphatic heterocycles. The maximum Gasteiger partial charge on any atom is 0.0603 e. The lowest BCUT2D eigenvalue weighted by Gasteiger charge is -2.35. The second-order valence-electron chi connectivity index (χ2n) is 6.05. The molecule has 0 bridgehead atoms. The van der Waals surface area contributed by atoms with Gasteiger partial charge in [0.2, 0.25) is 0 Å². The summed E-state index contributed by atoms with van der Waals surface area (Å²) in [6.07, 6.45) is 5.74. The number of nitrogens with zero attached hydrogens (tertiary/aromatic N) is 1. The van der Waals surface area contributed by atoms with Gasteiger partial charge in [0.25, 0.3) is 0 Å². The van der Waals surface area contributed by atoms with Gasteiger partial charge in [-0.3, -0.25) is 4.90 Å². The fourth-order valence-corrected chi connectivity index (χ4v) is 3.25. The molecule has 1 N–H and O–H groups in total. The van der Waals surface area contributed by atoms with Crippen molar-refractivity contribution >= 4 is 0 Å². The summed E-state index contributed by atoms with van der Waals surface area (Å²) in [6.45, 7) is 5.67. The molecule has 0 spiro atoms. The molecule has 0 aliphatic carbocycles. The molecule has 1 aromatic rings. The van der Waals surface area contributed by atoms with Gasteiger partial charge in [-0.1, -0.05) is 30.3 Å². The Morgan fingerprint density at radius 3 is 2.30 bits per heavy atom. The van der Waals surface area contributed by atoms with Crippen molar-refractivity contribution in [2.75, 3.05) is 26.2 Å². The Bertz CT molecular complexity index is 381. The monoisotopic (exact) mass is 274 g/mol. The van der Waals surface area contributed by atoms with Crippen LogP contribution in [0.1, 0.15) is 31.2 Å². The maximum absolute atomic E-state index is 6.26. The minimum Gasteiger partial charge on any atom is -0.375 e. The Kier molecular flexibility index (Phi) is 5.06. The number of likely N-dealkylation sites (tertiary alicyclic amines) is 1. The first-order valence-corrected chi connectivity index (χ1v) is 8.02. The van der Waals surface area contributed by atoms with Crippen molar-refractivity contribution in [2.45, 2.75) is 44.4 Å². The highest BCUT2D eigenvalue weighted by atomic mass is 16.5. The van der Waals surface area contributed by atoms with Gasteiger partial charge in [-0.2, -0.15) is 0 Å². The van der Waals surface area contributed by atoms with Crippen molar-refractivity contribution in [3.05, 3.63) is 35.9 Å². The van der Waals surface area contributed by atoms with Gasteiger partial charge in [-0.25, -0.2) is 0 Å². The SMILES string of the molecule is c1ccc(CN2CCC(OC3CCNCC3)CC2)cc1. The zero-order valence-electron chi connectivity index (χ0n) is 12.3. The zero-order valence-corrected chi connectivity index (χ0v) is 12.3. The van der Waals surface area contributed by atoms with Gasteiger partial charge in [-0.05, 0) is 44.3 Å². The summed E-state index contributed by atoms with van der Waals surface area (Å²) in [5.41, 5.74) is 1.42. The summed E-state index contributed by atoms with van der Waals surface area (Å²) in [5.74, 6) is 0. The number of hydrogen-bond donors (Lipinski definition) is 1. The minimum atomic E-state index is 0.491. The Morgan fingerprint density at radius 2 is 1.60 bits per heavy atom. The molecule has 2 fully saturated rings. The smallest absolute Gasteiger partial charge is 0.0603 e. The summed E-state index contributed by atoms with van der Waals surface area (Å²) in [5, 5.41) is 3.40. The van der Waals surface area contributed by atoms with Gasteiger partial charge in [0.05, 0.1) is 12.2 Å². The van der Waals surface area contributed by atoms with Crippen LogP contribution in [-0.2, 0) is 11.3 Å². The maximum atomic E-state index is 6.26. The van der Waals surface area contributed by atoms with Gasteiger partial charge < -0.3 is 10.1 Å². The molecule has 20 heavy (non-hydrogen) atoms. The van der Waals surface area contributed by atoms with Crippen LogP contribution in [0.5, 0.6) is 0 Å². The Morgan fingerprint density at radius 1 is 0.950 bits per heavy atom. The van der Waals surface area contributed by atoms with Gasteiger partial charge >= 0.3 is 0 Å². The number of rotatable bonds is 4. The average Bonchev–Trinajstić information content (AvgIpc) is 2.51. The number of hydrogen-bond acceptors (Lipinski definition) is 3. The number of ether oxygens (including phenoxy) is 1. The highest BCUT2D eigenvalue weighted by molar-refractivity contribution is 5.14. The largest absolute Gasteiger partial charge is 0.375 e. The van der Waals surface area contributed by atoms with E-state index in [9.17, 15) is 0 Å². The molecular weight excluding hydrogens is 248 g/mol. The lowest BCUT2D eigenvalue weighted by atomic mass is 10.0. The molecule has 0 radical (unpaired) electrons. The molecule has 0 amide bonds. The molecule has 3 heteroatoms. The van der Waals surface area contributed by atoms with Crippen LogP contribution in [0.25, 0.3) is 0 Å². The van der Waals surface area contributed by atoms with Crippen molar-refractivity contribution in [1.29, 1.82) is 0 Å². The predicted octanol–water partition coefficient (Wildman–Crippen LogP) is 2.42. The van der Waals surface area contributed by atoms with E-state index in [-0.39, 0.29) is 0 Å². The first-order valence-electron chi connectivity index (χ1n) is 8.02. The van der Waals surface area contributed by atoms with E-state index in [1.807, 2.05) is 0 Å². The van der Waals surface area contributed by atoms with Crippen molar-refractivity contribution in [2.24, 2.45) is 0 Å². The summed E-state index contributed by atoms with van der Waals surface area (Å²) in [4.78, 5) is 2.55. The molecule has 0 unspecified atom stereocenters. The van der Waals surface area contributed by atoms with E-state index >= 15 is 0 Å². The van der Waals surface area contributed by atoms with Crippen LogP contribution in [0.4, 0.5) is 0 Å². The molecule has 3 rings (SSSR count). The first kappa shape index (κ1) is 14.1. The van der Waals surface area contributed by atoms with E-state index in [1.54, 1.807) is 0 Å². The summed E-state index contributed by atoms with van der Waals surface area (Å²) < 4.78 is 6.26. The van der Waals surface area contributed by atoms with E-state index < -0.39 is 0 Å². The third kappa shape index (κ3) is 4.05. The topological polar surface area (TPSA) is 24.5 Å². The van der Waals surface area contributed by atoms with Crippen LogP contribution in [0, 0.1) is 0 Å². The molecule has 2 aliphatic rings. The van der Waals surface area contributed by atoms with E-state index in [4.69, 9.17) is 4.74 Å². The molecule has 2 heterocycles. The second-order valence-corrected chi connectivity index (χ2v) is 6.05. The third-order valence-electron chi connectivity index (χ3n) is 4.45. The molecule has 0 saturated carbocycles. The Balaban J connectivity index is 1.40. The third-order valence-corrected chi connectivity index (χ3v) is 4.45. The standard InChI is InChI=1S/C17H26N2O/c1-2-4-15(5-3-1)14-19-12-8-17(9-13-19)20-16-6-10-18-11-7-16/h1-5,16-18H,6-14H2. The fraction of sp³-hybridized carbons (Fsp3) is 0.647. The van der Waals surface area contributed by atoms with Crippen molar-refractivity contribution < 1.29 is 4.74 Å². The lowest BCUT2D eigenvalue weighted by Crippen LogP contribution is -2.40.